The van der Waals surface area contributed by atoms with Crippen LogP contribution in [0.5, 0.6) is 0 Å². The van der Waals surface area contributed by atoms with Gasteiger partial charge in [0.1, 0.15) is 5.82 Å². The van der Waals surface area contributed by atoms with E-state index in [-0.39, 0.29) is 5.84 Å². The molecule has 0 aliphatic carbocycles. The lowest BCUT2D eigenvalue weighted by atomic mass is 10.1. The Morgan fingerprint density at radius 1 is 1.04 bits per heavy atom. The van der Waals surface area contributed by atoms with Crippen molar-refractivity contribution in [1.29, 1.82) is 0 Å². The number of aromatic nitrogens is 1. The van der Waals surface area contributed by atoms with Crippen molar-refractivity contribution in [3.63, 3.8) is 0 Å². The number of hydrogen-bond donors (Lipinski definition) is 5. The summed E-state index contributed by atoms with van der Waals surface area (Å²) in [4.78, 5) is 3.97. The minimum absolute atomic E-state index is 0.0880. The number of anilines is 3. The molecule has 0 fully saturated rings. The Labute approximate surface area is 147 Å². The van der Waals surface area contributed by atoms with Crippen LogP contribution in [0, 0.1) is 0 Å². The van der Waals surface area contributed by atoms with Crippen molar-refractivity contribution in [3.8, 4) is 0 Å². The number of rotatable bonds is 1. The van der Waals surface area contributed by atoms with Crippen LogP contribution in [0.25, 0.3) is 10.8 Å². The van der Waals surface area contributed by atoms with Gasteiger partial charge >= 0.3 is 0 Å². The van der Waals surface area contributed by atoms with Crippen LogP contribution in [-0.4, -0.2) is 16.0 Å². The summed E-state index contributed by atoms with van der Waals surface area (Å²) in [5.74, 6) is 0.468. The van der Waals surface area contributed by atoms with Crippen molar-refractivity contribution in [2.75, 3.05) is 17.2 Å². The highest BCUT2D eigenvalue weighted by molar-refractivity contribution is 9.10. The van der Waals surface area contributed by atoms with Crippen LogP contribution in [0.2, 0.25) is 0 Å². The van der Waals surface area contributed by atoms with Crippen molar-refractivity contribution in [2.45, 2.75) is 0 Å². The molecule has 9 N–H and O–H groups in total. The number of halogens is 1. The first-order chi connectivity index (χ1) is 11.4. The second-order valence-electron chi connectivity index (χ2n) is 4.90. The number of benzene rings is 2. The highest BCUT2D eigenvalue weighted by Gasteiger charge is 2.02. The number of pyridine rings is 1. The highest BCUT2D eigenvalue weighted by atomic mass is 79.9. The Morgan fingerprint density at radius 3 is 2.33 bits per heavy atom. The minimum atomic E-state index is 0.0880. The number of nitrogens with zero attached hydrogens (tertiary/aromatic N) is 2. The van der Waals surface area contributed by atoms with Gasteiger partial charge in [0.05, 0.1) is 5.69 Å². The van der Waals surface area contributed by atoms with Gasteiger partial charge in [-0.25, -0.2) is 4.98 Å². The quantitative estimate of drug-likeness (QED) is 0.142. The van der Waals surface area contributed by atoms with Gasteiger partial charge in [0, 0.05) is 32.7 Å². The summed E-state index contributed by atoms with van der Waals surface area (Å²) in [7, 11) is 0. The molecule has 124 valence electrons. The smallest absolute Gasteiger partial charge is 0.170 e. The molecular formula is C16H17BrN6O. The Balaban J connectivity index is 0.000000177. The molecule has 0 aliphatic heterocycles. The van der Waals surface area contributed by atoms with Crippen LogP contribution < -0.4 is 22.9 Å². The number of oxime groups is 1. The fourth-order valence-electron chi connectivity index (χ4n) is 1.93. The molecule has 0 atom stereocenters. The summed E-state index contributed by atoms with van der Waals surface area (Å²) in [6.45, 7) is 0. The Hall–Kier alpha value is -3.00. The molecule has 0 saturated carbocycles. The molecule has 3 aromatic rings. The van der Waals surface area contributed by atoms with Crippen LogP contribution in [0.3, 0.4) is 0 Å². The topological polar surface area (TPSA) is 150 Å². The van der Waals surface area contributed by atoms with Gasteiger partial charge in [-0.05, 0) is 36.4 Å². The summed E-state index contributed by atoms with van der Waals surface area (Å²) < 4.78 is 0.984. The average Bonchev–Trinajstić information content (AvgIpc) is 2.59. The zero-order valence-corrected chi connectivity index (χ0v) is 14.2. The molecule has 0 saturated heterocycles. The lowest BCUT2D eigenvalue weighted by Crippen LogP contribution is -2.12. The maximum atomic E-state index is 8.29. The molecule has 0 aliphatic rings. The van der Waals surface area contributed by atoms with Gasteiger partial charge in [-0.15, -0.1) is 0 Å². The molecule has 24 heavy (non-hydrogen) atoms. The molecule has 1 heterocycles. The van der Waals surface area contributed by atoms with Gasteiger partial charge in [0.2, 0.25) is 0 Å². The first kappa shape index (κ1) is 17.4. The van der Waals surface area contributed by atoms with E-state index in [1.165, 1.54) is 0 Å². The number of nitrogen functional groups attached to an aromatic ring is 3. The molecule has 0 unspecified atom stereocenters. The Bertz CT molecular complexity index is 874. The lowest BCUT2D eigenvalue weighted by molar-refractivity contribution is 0.318. The van der Waals surface area contributed by atoms with Crippen molar-refractivity contribution < 1.29 is 5.21 Å². The highest BCUT2D eigenvalue weighted by Crippen LogP contribution is 2.27. The molecule has 8 heteroatoms. The van der Waals surface area contributed by atoms with E-state index < -0.39 is 0 Å². The first-order valence-corrected chi connectivity index (χ1v) is 7.64. The molecule has 0 amide bonds. The normalized spacial score (nSPS) is 11.0. The van der Waals surface area contributed by atoms with Crippen LogP contribution >= 0.6 is 15.9 Å². The Kier molecular flexibility index (Phi) is 5.43. The van der Waals surface area contributed by atoms with E-state index >= 15 is 0 Å². The number of fused-ring (bicyclic) bond motifs is 1. The van der Waals surface area contributed by atoms with E-state index in [9.17, 15) is 0 Å². The summed E-state index contributed by atoms with van der Waals surface area (Å²) in [5, 5.41) is 13.1. The van der Waals surface area contributed by atoms with E-state index in [2.05, 4.69) is 26.1 Å². The van der Waals surface area contributed by atoms with Gasteiger partial charge in [0.25, 0.3) is 0 Å². The molecule has 0 bridgehead atoms. The molecule has 1 aromatic heterocycles. The van der Waals surface area contributed by atoms with E-state index in [4.69, 9.17) is 28.1 Å². The van der Waals surface area contributed by atoms with E-state index in [0.29, 0.717) is 22.8 Å². The number of hydrogen-bond acceptors (Lipinski definition) is 6. The third kappa shape index (κ3) is 4.05. The molecule has 3 rings (SSSR count). The van der Waals surface area contributed by atoms with E-state index in [1.807, 2.05) is 18.2 Å². The van der Waals surface area contributed by atoms with Crippen molar-refractivity contribution >= 4 is 49.7 Å². The molecule has 0 radical (unpaired) electrons. The maximum absolute atomic E-state index is 8.29. The SMILES string of the molecule is N/C(=N/O)c1ccc(N)cc1.Nc1ncc2ccc(Br)cc2c1N. The Morgan fingerprint density at radius 2 is 1.71 bits per heavy atom. The minimum Gasteiger partial charge on any atom is -0.409 e. The van der Waals surface area contributed by atoms with Gasteiger partial charge < -0.3 is 28.1 Å². The third-order valence-corrected chi connectivity index (χ3v) is 3.73. The second kappa shape index (κ2) is 7.51. The van der Waals surface area contributed by atoms with E-state index in [1.54, 1.807) is 30.5 Å². The van der Waals surface area contributed by atoms with E-state index in [0.717, 1.165) is 15.2 Å². The average molecular weight is 389 g/mol. The predicted octanol–water partition coefficient (Wildman–Crippen LogP) is 2.52. The van der Waals surface area contributed by atoms with Crippen LogP contribution in [0.15, 0.2) is 58.3 Å². The van der Waals surface area contributed by atoms with Crippen molar-refractivity contribution in [2.24, 2.45) is 10.9 Å². The number of amidine groups is 1. The predicted molar refractivity (Wildman–Crippen MR) is 102 cm³/mol. The van der Waals surface area contributed by atoms with Crippen molar-refractivity contribution in [1.82, 2.24) is 4.98 Å². The van der Waals surface area contributed by atoms with Crippen LogP contribution in [0.4, 0.5) is 17.2 Å². The maximum Gasteiger partial charge on any atom is 0.170 e. The van der Waals surface area contributed by atoms with Crippen LogP contribution in [0.1, 0.15) is 5.56 Å². The summed E-state index contributed by atoms with van der Waals surface area (Å²) in [6.07, 6.45) is 1.72. The monoisotopic (exact) mass is 388 g/mol. The largest absolute Gasteiger partial charge is 0.409 e. The molecule has 7 nitrogen and oxygen atoms in total. The van der Waals surface area contributed by atoms with Gasteiger partial charge in [0.15, 0.2) is 5.84 Å². The summed E-state index contributed by atoms with van der Waals surface area (Å²) in [5.41, 5.74) is 23.9. The molecule has 0 spiro atoms. The first-order valence-electron chi connectivity index (χ1n) is 6.85. The van der Waals surface area contributed by atoms with Crippen molar-refractivity contribution in [3.05, 3.63) is 58.7 Å². The fourth-order valence-corrected chi connectivity index (χ4v) is 2.29. The third-order valence-electron chi connectivity index (χ3n) is 3.24. The van der Waals surface area contributed by atoms with Gasteiger partial charge in [-0.1, -0.05) is 27.2 Å². The summed E-state index contributed by atoms with van der Waals surface area (Å²) in [6, 6.07) is 12.6. The zero-order valence-electron chi connectivity index (χ0n) is 12.6. The number of nitrogens with two attached hydrogens (primary N) is 4. The van der Waals surface area contributed by atoms with Gasteiger partial charge in [-0.2, -0.15) is 0 Å². The zero-order chi connectivity index (χ0) is 17.7. The summed E-state index contributed by atoms with van der Waals surface area (Å²) >= 11 is 3.37. The standard InChI is InChI=1S/C9H8BrN3.C7H9N3O/c10-6-2-1-5-4-13-9(12)8(11)7(5)3-6;8-6-3-1-5(2-4-6)7(9)10-11/h1-4H,11H2,(H2,12,13);1-4,11H,8H2,(H2,9,10). The van der Waals surface area contributed by atoms with Gasteiger partial charge in [-0.3, -0.25) is 0 Å². The van der Waals surface area contributed by atoms with Crippen LogP contribution in [-0.2, 0) is 0 Å². The second-order valence-corrected chi connectivity index (χ2v) is 5.81. The fraction of sp³-hybridized carbons (Fsp3) is 0. The lowest BCUT2D eigenvalue weighted by Gasteiger charge is -2.04. The molecular weight excluding hydrogens is 372 g/mol. The molecule has 2 aromatic carbocycles.